The summed E-state index contributed by atoms with van der Waals surface area (Å²) in [5, 5.41) is 14.9. The van der Waals surface area contributed by atoms with Gasteiger partial charge < -0.3 is 18.9 Å². The summed E-state index contributed by atoms with van der Waals surface area (Å²) in [7, 11) is 0. The van der Waals surface area contributed by atoms with Gasteiger partial charge in [-0.3, -0.25) is 10.1 Å². The maximum Gasteiger partial charge on any atom is 0.340 e. The highest BCUT2D eigenvalue weighted by molar-refractivity contribution is 5.96. The number of esters is 1. The van der Waals surface area contributed by atoms with Gasteiger partial charge >= 0.3 is 5.97 Å². The molecule has 0 saturated carbocycles. The fraction of sp³-hybridized carbons (Fsp3) is 0.412. The molecule has 0 unspecified atom stereocenters. The minimum atomic E-state index is -0.629. The van der Waals surface area contributed by atoms with E-state index in [0.717, 1.165) is 0 Å². The van der Waals surface area contributed by atoms with Gasteiger partial charge in [-0.25, -0.2) is 4.79 Å². The average molecular weight is 361 g/mol. The van der Waals surface area contributed by atoms with Gasteiger partial charge in [0.1, 0.15) is 12.4 Å². The first kappa shape index (κ1) is 17.9. The zero-order valence-electron chi connectivity index (χ0n) is 14.6. The number of nitrogens with zero attached hydrogens (tertiary/aromatic N) is 3. The van der Waals surface area contributed by atoms with E-state index >= 15 is 0 Å². The normalized spacial score (nSPS) is 14.3. The highest BCUT2D eigenvalue weighted by Gasteiger charge is 2.23. The quantitative estimate of drug-likeness (QED) is 0.454. The minimum absolute atomic E-state index is 0.00869. The third-order valence-electron chi connectivity index (χ3n) is 4.29. The van der Waals surface area contributed by atoms with Gasteiger partial charge in [0.2, 0.25) is 0 Å². The Bertz CT molecular complexity index is 806. The number of benzene rings is 1. The molecular formula is C17H19N3O6. The second-order valence-corrected chi connectivity index (χ2v) is 5.94. The van der Waals surface area contributed by atoms with Crippen molar-refractivity contribution in [1.82, 2.24) is 5.16 Å². The Kier molecular flexibility index (Phi) is 5.17. The van der Waals surface area contributed by atoms with Crippen molar-refractivity contribution in [1.29, 1.82) is 0 Å². The van der Waals surface area contributed by atoms with Gasteiger partial charge in [-0.05, 0) is 19.9 Å². The van der Waals surface area contributed by atoms with Gasteiger partial charge in [-0.1, -0.05) is 5.16 Å². The predicted molar refractivity (Wildman–Crippen MR) is 91.2 cm³/mol. The van der Waals surface area contributed by atoms with Crippen molar-refractivity contribution >= 4 is 17.3 Å². The number of hydrogen-bond acceptors (Lipinski definition) is 8. The van der Waals surface area contributed by atoms with Gasteiger partial charge in [0.25, 0.3) is 5.69 Å². The number of ether oxygens (including phenoxy) is 2. The molecule has 26 heavy (non-hydrogen) atoms. The molecule has 0 radical (unpaired) electrons. The van der Waals surface area contributed by atoms with Gasteiger partial charge in [0.15, 0.2) is 0 Å². The molecule has 1 aliphatic heterocycles. The van der Waals surface area contributed by atoms with Crippen molar-refractivity contribution in [3.8, 4) is 0 Å². The lowest BCUT2D eigenvalue weighted by molar-refractivity contribution is -0.384. The third-order valence-corrected chi connectivity index (χ3v) is 4.29. The Labute approximate surface area is 149 Å². The predicted octanol–water partition coefficient (Wildman–Crippen LogP) is 2.39. The fourth-order valence-corrected chi connectivity index (χ4v) is 2.80. The summed E-state index contributed by atoms with van der Waals surface area (Å²) in [5.74, 6) is -0.0575. The van der Waals surface area contributed by atoms with E-state index in [0.29, 0.717) is 49.0 Å². The zero-order chi connectivity index (χ0) is 18.7. The average Bonchev–Trinajstić information content (AvgIpc) is 2.97. The summed E-state index contributed by atoms with van der Waals surface area (Å²) in [5.41, 5.74) is 1.93. The molecule has 0 spiro atoms. The molecule has 9 heteroatoms. The van der Waals surface area contributed by atoms with E-state index in [1.807, 2.05) is 4.90 Å². The molecule has 3 rings (SSSR count). The summed E-state index contributed by atoms with van der Waals surface area (Å²) >= 11 is 0. The maximum atomic E-state index is 12.6. The largest absolute Gasteiger partial charge is 0.457 e. The molecule has 0 bridgehead atoms. The van der Waals surface area contributed by atoms with Crippen LogP contribution in [0.25, 0.3) is 0 Å². The van der Waals surface area contributed by atoms with Crippen molar-refractivity contribution in [2.24, 2.45) is 0 Å². The number of rotatable bonds is 5. The van der Waals surface area contributed by atoms with Crippen molar-refractivity contribution in [2.75, 3.05) is 31.2 Å². The fourth-order valence-electron chi connectivity index (χ4n) is 2.80. The Morgan fingerprint density at radius 1 is 1.35 bits per heavy atom. The van der Waals surface area contributed by atoms with Crippen LogP contribution in [0.1, 0.15) is 27.4 Å². The van der Waals surface area contributed by atoms with Crippen LogP contribution >= 0.6 is 0 Å². The summed E-state index contributed by atoms with van der Waals surface area (Å²) in [6.07, 6.45) is 0. The molecule has 138 valence electrons. The van der Waals surface area contributed by atoms with Gasteiger partial charge in [0.05, 0.1) is 40.6 Å². The Morgan fingerprint density at radius 2 is 2.08 bits per heavy atom. The third kappa shape index (κ3) is 3.67. The van der Waals surface area contributed by atoms with E-state index in [1.165, 1.54) is 12.1 Å². The number of carbonyl (C=O) groups is 1. The first-order valence-electron chi connectivity index (χ1n) is 8.17. The number of morpholine rings is 1. The number of anilines is 1. The molecule has 0 N–H and O–H groups in total. The standard InChI is InChI=1S/C17H19N3O6/c1-11-15(12(2)26-18-11)10-25-17(21)14-9-13(20(22)23)3-4-16(14)19-5-7-24-8-6-19/h3-4,9H,5-8,10H2,1-2H3. The molecule has 2 aromatic rings. The first-order chi connectivity index (χ1) is 12.5. The summed E-state index contributed by atoms with van der Waals surface area (Å²) in [6.45, 7) is 5.74. The van der Waals surface area contributed by atoms with Crippen LogP contribution in [0.3, 0.4) is 0 Å². The Morgan fingerprint density at radius 3 is 2.69 bits per heavy atom. The van der Waals surface area contributed by atoms with Crippen LogP contribution in [0, 0.1) is 24.0 Å². The lowest BCUT2D eigenvalue weighted by Crippen LogP contribution is -2.37. The molecule has 1 aromatic carbocycles. The first-order valence-corrected chi connectivity index (χ1v) is 8.17. The van der Waals surface area contributed by atoms with E-state index in [2.05, 4.69) is 5.16 Å². The lowest BCUT2D eigenvalue weighted by Gasteiger charge is -2.30. The van der Waals surface area contributed by atoms with Gasteiger partial charge in [0, 0.05) is 25.2 Å². The van der Waals surface area contributed by atoms with Crippen molar-refractivity contribution in [3.63, 3.8) is 0 Å². The second-order valence-electron chi connectivity index (χ2n) is 5.94. The van der Waals surface area contributed by atoms with E-state index in [9.17, 15) is 14.9 Å². The van der Waals surface area contributed by atoms with Crippen LogP contribution in [0.2, 0.25) is 0 Å². The van der Waals surface area contributed by atoms with Crippen molar-refractivity contribution in [2.45, 2.75) is 20.5 Å². The molecule has 2 heterocycles. The number of non-ortho nitro benzene ring substituents is 1. The summed E-state index contributed by atoms with van der Waals surface area (Å²) in [6, 6.07) is 4.21. The number of nitro groups is 1. The van der Waals surface area contributed by atoms with Crippen LogP contribution in [-0.4, -0.2) is 42.4 Å². The van der Waals surface area contributed by atoms with Crippen LogP contribution in [0.4, 0.5) is 11.4 Å². The van der Waals surface area contributed by atoms with Crippen LogP contribution in [-0.2, 0) is 16.1 Å². The number of hydrogen-bond donors (Lipinski definition) is 0. The number of aromatic nitrogens is 1. The molecule has 0 atom stereocenters. The molecular weight excluding hydrogens is 342 g/mol. The lowest BCUT2D eigenvalue weighted by atomic mass is 10.1. The SMILES string of the molecule is Cc1noc(C)c1COC(=O)c1cc([N+](=O)[O-])ccc1N1CCOCC1. The number of aryl methyl sites for hydroxylation is 2. The Balaban J connectivity index is 1.86. The Hall–Kier alpha value is -2.94. The highest BCUT2D eigenvalue weighted by atomic mass is 16.6. The monoisotopic (exact) mass is 361 g/mol. The molecule has 9 nitrogen and oxygen atoms in total. The number of nitro benzene ring substituents is 1. The zero-order valence-corrected chi connectivity index (χ0v) is 14.6. The van der Waals surface area contributed by atoms with E-state index in [-0.39, 0.29) is 17.9 Å². The molecule has 0 amide bonds. The van der Waals surface area contributed by atoms with Gasteiger partial charge in [-0.2, -0.15) is 0 Å². The van der Waals surface area contributed by atoms with Crippen molar-refractivity contribution < 1.29 is 23.7 Å². The topological polar surface area (TPSA) is 108 Å². The number of carbonyl (C=O) groups excluding carboxylic acids is 1. The minimum Gasteiger partial charge on any atom is -0.457 e. The molecule has 1 aromatic heterocycles. The highest BCUT2D eigenvalue weighted by Crippen LogP contribution is 2.27. The second kappa shape index (κ2) is 7.52. The van der Waals surface area contributed by atoms with Crippen LogP contribution < -0.4 is 4.90 Å². The van der Waals surface area contributed by atoms with Crippen molar-refractivity contribution in [3.05, 3.63) is 50.9 Å². The molecule has 1 saturated heterocycles. The molecule has 1 fully saturated rings. The summed E-state index contributed by atoms with van der Waals surface area (Å²) in [4.78, 5) is 25.2. The smallest absolute Gasteiger partial charge is 0.340 e. The van der Waals surface area contributed by atoms with Crippen LogP contribution in [0.15, 0.2) is 22.7 Å². The molecule has 1 aliphatic rings. The summed E-state index contributed by atoms with van der Waals surface area (Å²) < 4.78 is 15.8. The van der Waals surface area contributed by atoms with Gasteiger partial charge in [-0.15, -0.1) is 0 Å². The van der Waals surface area contributed by atoms with E-state index in [1.54, 1.807) is 19.9 Å². The van der Waals surface area contributed by atoms with E-state index in [4.69, 9.17) is 14.0 Å². The maximum absolute atomic E-state index is 12.6. The molecule has 0 aliphatic carbocycles. The van der Waals surface area contributed by atoms with E-state index < -0.39 is 10.9 Å². The van der Waals surface area contributed by atoms with Crippen LogP contribution in [0.5, 0.6) is 0 Å².